The number of ether oxygens (including phenoxy) is 1. The molecule has 2 atom stereocenters. The average molecular weight is 439 g/mol. The van der Waals surface area contributed by atoms with Crippen molar-refractivity contribution in [1.82, 2.24) is 9.55 Å². The maximum absolute atomic E-state index is 6.42. The third-order valence-corrected chi connectivity index (χ3v) is 6.75. The molecule has 0 radical (unpaired) electrons. The van der Waals surface area contributed by atoms with E-state index >= 15 is 0 Å². The lowest BCUT2D eigenvalue weighted by atomic mass is 9.90. The summed E-state index contributed by atoms with van der Waals surface area (Å²) >= 11 is 0. The van der Waals surface area contributed by atoms with Crippen molar-refractivity contribution in [2.24, 2.45) is 0 Å². The highest BCUT2D eigenvalue weighted by Crippen LogP contribution is 2.46. The predicted octanol–water partition coefficient (Wildman–Crippen LogP) is 7.33. The Morgan fingerprint density at radius 2 is 1.50 bits per heavy atom. The van der Waals surface area contributed by atoms with Gasteiger partial charge in [-0.3, -0.25) is 4.57 Å². The van der Waals surface area contributed by atoms with Gasteiger partial charge >= 0.3 is 0 Å². The Morgan fingerprint density at radius 1 is 0.706 bits per heavy atom. The molecular formula is C31H22N2O. The molecule has 2 heterocycles. The van der Waals surface area contributed by atoms with Gasteiger partial charge in [0.05, 0.1) is 11.0 Å². The van der Waals surface area contributed by atoms with Crippen molar-refractivity contribution in [3.8, 4) is 34.0 Å². The van der Waals surface area contributed by atoms with E-state index in [9.17, 15) is 0 Å². The number of nitrogens with zero attached hydrogens (tertiary/aromatic N) is 2. The molecule has 3 heteroatoms. The van der Waals surface area contributed by atoms with Crippen LogP contribution >= 0.6 is 0 Å². The molecule has 0 saturated carbocycles. The monoisotopic (exact) mass is 438 g/mol. The number of hydrogen-bond donors (Lipinski definition) is 0. The van der Waals surface area contributed by atoms with Crippen molar-refractivity contribution < 1.29 is 4.74 Å². The Morgan fingerprint density at radius 3 is 2.44 bits per heavy atom. The molecule has 0 bridgehead atoms. The van der Waals surface area contributed by atoms with E-state index in [0.29, 0.717) is 0 Å². The number of fused-ring (bicyclic) bond motifs is 4. The molecule has 0 N–H and O–H groups in total. The SMILES string of the molecule is C1=CC2Oc3c(-c4cccc(-c5nc6ccccc6n5-c5ccccc5)c4)cccc3C2C=C1. The van der Waals surface area contributed by atoms with E-state index in [0.717, 1.165) is 45.0 Å². The molecule has 0 fully saturated rings. The normalized spacial score (nSPS) is 18.0. The van der Waals surface area contributed by atoms with Crippen LogP contribution in [0.3, 0.4) is 0 Å². The van der Waals surface area contributed by atoms with Crippen LogP contribution in [-0.2, 0) is 0 Å². The Balaban J connectivity index is 1.39. The smallest absolute Gasteiger partial charge is 0.145 e. The molecule has 7 rings (SSSR count). The summed E-state index contributed by atoms with van der Waals surface area (Å²) in [6.45, 7) is 0. The summed E-state index contributed by atoms with van der Waals surface area (Å²) in [6.07, 6.45) is 8.64. The van der Waals surface area contributed by atoms with Crippen LogP contribution in [-0.4, -0.2) is 15.7 Å². The van der Waals surface area contributed by atoms with Crippen molar-refractivity contribution in [3.05, 3.63) is 127 Å². The van der Waals surface area contributed by atoms with Crippen molar-refractivity contribution in [3.63, 3.8) is 0 Å². The minimum atomic E-state index is 0.0756. The second-order valence-corrected chi connectivity index (χ2v) is 8.78. The topological polar surface area (TPSA) is 27.1 Å². The van der Waals surface area contributed by atoms with E-state index in [1.54, 1.807) is 0 Å². The maximum Gasteiger partial charge on any atom is 0.145 e. The van der Waals surface area contributed by atoms with Gasteiger partial charge in [-0.2, -0.15) is 0 Å². The third kappa shape index (κ3) is 2.94. The summed E-state index contributed by atoms with van der Waals surface area (Å²) in [6, 6.07) is 33.9. The van der Waals surface area contributed by atoms with Crippen LogP contribution in [0.25, 0.3) is 39.2 Å². The summed E-state index contributed by atoms with van der Waals surface area (Å²) in [5.74, 6) is 2.20. The van der Waals surface area contributed by atoms with Crippen molar-refractivity contribution in [2.45, 2.75) is 12.0 Å². The Hall–Kier alpha value is -4.37. The second-order valence-electron chi connectivity index (χ2n) is 8.78. The van der Waals surface area contributed by atoms with E-state index in [2.05, 4.69) is 114 Å². The number of hydrogen-bond acceptors (Lipinski definition) is 2. The highest BCUT2D eigenvalue weighted by molar-refractivity contribution is 5.85. The van der Waals surface area contributed by atoms with Gasteiger partial charge in [0.1, 0.15) is 17.7 Å². The van der Waals surface area contributed by atoms with Crippen molar-refractivity contribution in [1.29, 1.82) is 0 Å². The van der Waals surface area contributed by atoms with Crippen LogP contribution in [0.15, 0.2) is 121 Å². The van der Waals surface area contributed by atoms with Gasteiger partial charge in [0, 0.05) is 28.3 Å². The molecule has 1 aliphatic heterocycles. The second kappa shape index (κ2) is 7.60. The molecule has 0 saturated heterocycles. The lowest BCUT2D eigenvalue weighted by molar-refractivity contribution is 0.270. The first-order chi connectivity index (χ1) is 16.9. The quantitative estimate of drug-likeness (QED) is 0.295. The fourth-order valence-electron chi connectivity index (χ4n) is 5.18. The standard InChI is InChI=1S/C31H22N2O/c1-2-12-23(13-3-1)33-28-18-6-5-17-27(28)32-31(33)22-11-8-10-21(20-22)24-15-9-16-26-25-14-4-7-19-29(25)34-30(24)26/h1-20,25,29H. The third-order valence-electron chi connectivity index (χ3n) is 6.75. The number of imidazole rings is 1. The molecule has 162 valence electrons. The number of aromatic nitrogens is 2. The number of para-hydroxylation sites is 4. The van der Waals surface area contributed by atoms with E-state index in [1.807, 2.05) is 12.1 Å². The minimum Gasteiger partial charge on any atom is -0.484 e. The number of rotatable bonds is 3. The molecule has 0 spiro atoms. The lowest BCUT2D eigenvalue weighted by Gasteiger charge is -2.14. The van der Waals surface area contributed by atoms with Gasteiger partial charge in [-0.25, -0.2) is 4.98 Å². The molecule has 3 nitrogen and oxygen atoms in total. The minimum absolute atomic E-state index is 0.0756. The van der Waals surface area contributed by atoms with Crippen LogP contribution in [0.2, 0.25) is 0 Å². The molecule has 1 aliphatic carbocycles. The lowest BCUT2D eigenvalue weighted by Crippen LogP contribution is -2.15. The van der Waals surface area contributed by atoms with Gasteiger partial charge in [-0.1, -0.05) is 85.0 Å². The van der Waals surface area contributed by atoms with Gasteiger partial charge in [0.25, 0.3) is 0 Å². The van der Waals surface area contributed by atoms with E-state index < -0.39 is 0 Å². The van der Waals surface area contributed by atoms with E-state index in [-0.39, 0.29) is 12.0 Å². The van der Waals surface area contributed by atoms with Crippen LogP contribution < -0.4 is 4.74 Å². The Labute approximate surface area is 198 Å². The molecular weight excluding hydrogens is 416 g/mol. The fourth-order valence-corrected chi connectivity index (χ4v) is 5.18. The average Bonchev–Trinajstić information content (AvgIpc) is 3.48. The largest absolute Gasteiger partial charge is 0.484 e. The molecule has 0 amide bonds. The molecule has 2 aliphatic rings. The first kappa shape index (κ1) is 19.1. The zero-order valence-corrected chi connectivity index (χ0v) is 18.5. The van der Waals surface area contributed by atoms with E-state index in [4.69, 9.17) is 9.72 Å². The first-order valence-corrected chi connectivity index (χ1v) is 11.6. The molecule has 2 unspecified atom stereocenters. The summed E-state index contributed by atoms with van der Waals surface area (Å²) in [7, 11) is 0. The molecule has 4 aromatic carbocycles. The van der Waals surface area contributed by atoms with Gasteiger partial charge in [0.2, 0.25) is 0 Å². The summed E-state index contributed by atoms with van der Waals surface area (Å²) < 4.78 is 8.66. The Bertz CT molecular complexity index is 1590. The summed E-state index contributed by atoms with van der Waals surface area (Å²) in [5.41, 5.74) is 7.77. The predicted molar refractivity (Wildman–Crippen MR) is 137 cm³/mol. The number of benzene rings is 4. The van der Waals surface area contributed by atoms with Crippen molar-refractivity contribution in [2.75, 3.05) is 0 Å². The first-order valence-electron chi connectivity index (χ1n) is 11.6. The maximum atomic E-state index is 6.42. The van der Waals surface area contributed by atoms with Crippen LogP contribution in [0.4, 0.5) is 0 Å². The van der Waals surface area contributed by atoms with Crippen LogP contribution in [0.5, 0.6) is 5.75 Å². The summed E-state index contributed by atoms with van der Waals surface area (Å²) in [5, 5.41) is 0. The van der Waals surface area contributed by atoms with Gasteiger partial charge < -0.3 is 4.74 Å². The van der Waals surface area contributed by atoms with Gasteiger partial charge in [-0.15, -0.1) is 0 Å². The zero-order valence-electron chi connectivity index (χ0n) is 18.5. The van der Waals surface area contributed by atoms with Crippen molar-refractivity contribution >= 4 is 11.0 Å². The Kier molecular flexibility index (Phi) is 4.28. The summed E-state index contributed by atoms with van der Waals surface area (Å²) in [4.78, 5) is 5.04. The molecule has 5 aromatic rings. The van der Waals surface area contributed by atoms with E-state index in [1.165, 1.54) is 5.56 Å². The highest BCUT2D eigenvalue weighted by Gasteiger charge is 2.33. The molecule has 34 heavy (non-hydrogen) atoms. The van der Waals surface area contributed by atoms with Crippen LogP contribution in [0, 0.1) is 0 Å². The number of allylic oxidation sites excluding steroid dienone is 2. The highest BCUT2D eigenvalue weighted by atomic mass is 16.5. The fraction of sp³-hybridized carbons (Fsp3) is 0.0645. The molecule has 1 aromatic heterocycles. The van der Waals surface area contributed by atoms with Gasteiger partial charge in [-0.05, 0) is 42.0 Å². The zero-order chi connectivity index (χ0) is 22.5. The van der Waals surface area contributed by atoms with Gasteiger partial charge in [0.15, 0.2) is 0 Å². The van der Waals surface area contributed by atoms with Crippen LogP contribution in [0.1, 0.15) is 11.5 Å².